The highest BCUT2D eigenvalue weighted by molar-refractivity contribution is 6.30. The van der Waals surface area contributed by atoms with Gasteiger partial charge in [-0.3, -0.25) is 0 Å². The lowest BCUT2D eigenvalue weighted by molar-refractivity contribution is 0.499. The normalized spacial score (nSPS) is 17.1. The van der Waals surface area contributed by atoms with E-state index >= 15 is 0 Å². The Labute approximate surface area is 109 Å². The van der Waals surface area contributed by atoms with E-state index in [2.05, 4.69) is 30.5 Å². The molecular formula is C14H21ClN2. The van der Waals surface area contributed by atoms with Crippen molar-refractivity contribution in [2.75, 3.05) is 6.54 Å². The van der Waals surface area contributed by atoms with Gasteiger partial charge in [-0.15, -0.1) is 0 Å². The Hall–Kier alpha value is -0.570. The van der Waals surface area contributed by atoms with Crippen molar-refractivity contribution in [1.82, 2.24) is 10.6 Å². The van der Waals surface area contributed by atoms with Crippen LogP contribution in [-0.4, -0.2) is 18.6 Å². The Balaban J connectivity index is 1.75. The molecule has 1 fully saturated rings. The largest absolute Gasteiger partial charge is 0.312 e. The predicted molar refractivity (Wildman–Crippen MR) is 73.5 cm³/mol. The van der Waals surface area contributed by atoms with Gasteiger partial charge in [0.05, 0.1) is 0 Å². The van der Waals surface area contributed by atoms with Gasteiger partial charge in [0.1, 0.15) is 0 Å². The molecule has 2 rings (SSSR count). The lowest BCUT2D eigenvalue weighted by atomic mass is 10.1. The van der Waals surface area contributed by atoms with Crippen molar-refractivity contribution in [1.29, 1.82) is 0 Å². The van der Waals surface area contributed by atoms with Crippen molar-refractivity contribution in [3.8, 4) is 0 Å². The van der Waals surface area contributed by atoms with Gasteiger partial charge in [0.25, 0.3) is 0 Å². The molecule has 2 nitrogen and oxygen atoms in total. The molecular weight excluding hydrogens is 232 g/mol. The topological polar surface area (TPSA) is 24.1 Å². The second kappa shape index (κ2) is 5.85. The summed E-state index contributed by atoms with van der Waals surface area (Å²) in [5, 5.41) is 7.88. The van der Waals surface area contributed by atoms with Crippen LogP contribution in [0.5, 0.6) is 0 Å². The molecule has 0 aliphatic heterocycles. The molecule has 0 aromatic heterocycles. The van der Waals surface area contributed by atoms with Crippen molar-refractivity contribution >= 4 is 11.6 Å². The Morgan fingerprint density at radius 1 is 1.41 bits per heavy atom. The van der Waals surface area contributed by atoms with Crippen LogP contribution in [0, 0.1) is 6.92 Å². The quantitative estimate of drug-likeness (QED) is 0.814. The number of rotatable bonds is 6. The average Bonchev–Trinajstić information content (AvgIpc) is 3.09. The molecule has 2 N–H and O–H groups in total. The zero-order valence-electron chi connectivity index (χ0n) is 10.6. The van der Waals surface area contributed by atoms with Crippen molar-refractivity contribution in [2.24, 2.45) is 0 Å². The van der Waals surface area contributed by atoms with E-state index in [0.717, 1.165) is 24.2 Å². The highest BCUT2D eigenvalue weighted by atomic mass is 35.5. The van der Waals surface area contributed by atoms with Gasteiger partial charge in [0, 0.05) is 30.2 Å². The van der Waals surface area contributed by atoms with E-state index in [1.807, 2.05) is 12.1 Å². The van der Waals surface area contributed by atoms with Gasteiger partial charge >= 0.3 is 0 Å². The van der Waals surface area contributed by atoms with E-state index in [4.69, 9.17) is 11.6 Å². The summed E-state index contributed by atoms with van der Waals surface area (Å²) in [6, 6.07) is 7.37. The van der Waals surface area contributed by atoms with Crippen molar-refractivity contribution < 1.29 is 0 Å². The van der Waals surface area contributed by atoms with Crippen LogP contribution in [0.3, 0.4) is 0 Å². The first kappa shape index (κ1) is 12.9. The van der Waals surface area contributed by atoms with Crippen LogP contribution in [0.15, 0.2) is 18.2 Å². The number of hydrogen-bond donors (Lipinski definition) is 2. The summed E-state index contributed by atoms with van der Waals surface area (Å²) in [6.45, 7) is 6.30. The Morgan fingerprint density at radius 2 is 2.18 bits per heavy atom. The van der Waals surface area contributed by atoms with Crippen molar-refractivity contribution in [3.63, 3.8) is 0 Å². The van der Waals surface area contributed by atoms with Crippen LogP contribution in [0.1, 0.15) is 30.9 Å². The molecule has 1 atom stereocenters. The van der Waals surface area contributed by atoms with Crippen LogP contribution < -0.4 is 10.6 Å². The fourth-order valence-corrected chi connectivity index (χ4v) is 2.07. The van der Waals surface area contributed by atoms with Gasteiger partial charge in [-0.25, -0.2) is 0 Å². The molecule has 1 saturated carbocycles. The second-order valence-electron chi connectivity index (χ2n) is 5.04. The summed E-state index contributed by atoms with van der Waals surface area (Å²) in [4.78, 5) is 0. The molecule has 17 heavy (non-hydrogen) atoms. The van der Waals surface area contributed by atoms with Gasteiger partial charge < -0.3 is 10.6 Å². The highest BCUT2D eigenvalue weighted by Gasteiger charge is 2.20. The van der Waals surface area contributed by atoms with E-state index < -0.39 is 0 Å². The summed E-state index contributed by atoms with van der Waals surface area (Å²) in [5.41, 5.74) is 2.58. The van der Waals surface area contributed by atoms with E-state index in [-0.39, 0.29) is 0 Å². The van der Waals surface area contributed by atoms with E-state index in [0.29, 0.717) is 6.04 Å². The number of halogens is 1. The van der Waals surface area contributed by atoms with E-state index in [9.17, 15) is 0 Å². The predicted octanol–water partition coefficient (Wildman–Crippen LogP) is 2.88. The molecule has 1 aromatic rings. The zero-order chi connectivity index (χ0) is 12.3. The molecule has 1 aromatic carbocycles. The molecule has 94 valence electrons. The minimum atomic E-state index is 0.505. The fraction of sp³-hybridized carbons (Fsp3) is 0.571. The van der Waals surface area contributed by atoms with Crippen LogP contribution in [0.25, 0.3) is 0 Å². The van der Waals surface area contributed by atoms with E-state index in [1.54, 1.807) is 0 Å². The summed E-state index contributed by atoms with van der Waals surface area (Å²) in [5.74, 6) is 0. The van der Waals surface area contributed by atoms with Gasteiger partial charge in [0.15, 0.2) is 0 Å². The third-order valence-corrected chi connectivity index (χ3v) is 3.47. The van der Waals surface area contributed by atoms with Crippen molar-refractivity contribution in [2.45, 2.75) is 45.3 Å². The first-order valence-corrected chi connectivity index (χ1v) is 6.75. The Bertz CT molecular complexity index is 374. The summed E-state index contributed by atoms with van der Waals surface area (Å²) < 4.78 is 0. The number of hydrogen-bond acceptors (Lipinski definition) is 2. The zero-order valence-corrected chi connectivity index (χ0v) is 11.3. The van der Waals surface area contributed by atoms with Crippen LogP contribution >= 0.6 is 11.6 Å². The molecule has 0 radical (unpaired) electrons. The van der Waals surface area contributed by atoms with Gasteiger partial charge in [-0.2, -0.15) is 0 Å². The van der Waals surface area contributed by atoms with Gasteiger partial charge in [-0.05, 0) is 49.9 Å². The van der Waals surface area contributed by atoms with Gasteiger partial charge in [0.2, 0.25) is 0 Å². The molecule has 0 amide bonds. The second-order valence-corrected chi connectivity index (χ2v) is 5.47. The molecule has 0 spiro atoms. The summed E-state index contributed by atoms with van der Waals surface area (Å²) >= 11 is 5.94. The van der Waals surface area contributed by atoms with Crippen molar-refractivity contribution in [3.05, 3.63) is 34.3 Å². The molecule has 0 saturated heterocycles. The third-order valence-electron chi connectivity index (χ3n) is 3.24. The molecule has 1 aliphatic carbocycles. The number of nitrogens with one attached hydrogen (secondary N) is 2. The SMILES string of the molecule is Cc1cc(Cl)ccc1CNC(C)CNC1CC1. The molecule has 0 heterocycles. The Morgan fingerprint density at radius 3 is 2.82 bits per heavy atom. The van der Waals surface area contributed by atoms with E-state index in [1.165, 1.54) is 24.0 Å². The number of aryl methyl sites for hydroxylation is 1. The first-order valence-electron chi connectivity index (χ1n) is 6.37. The van der Waals surface area contributed by atoms with Crippen LogP contribution in [0.2, 0.25) is 5.02 Å². The van der Waals surface area contributed by atoms with Crippen LogP contribution in [-0.2, 0) is 6.54 Å². The fourth-order valence-electron chi connectivity index (χ4n) is 1.84. The lowest BCUT2D eigenvalue weighted by Crippen LogP contribution is -2.36. The standard InChI is InChI=1S/C14H21ClN2/c1-10-7-13(15)4-3-12(10)9-16-11(2)8-17-14-5-6-14/h3-4,7,11,14,16-17H,5-6,8-9H2,1-2H3. The lowest BCUT2D eigenvalue weighted by Gasteiger charge is -2.15. The minimum absolute atomic E-state index is 0.505. The molecule has 1 aliphatic rings. The van der Waals surface area contributed by atoms with Gasteiger partial charge in [-0.1, -0.05) is 17.7 Å². The highest BCUT2D eigenvalue weighted by Crippen LogP contribution is 2.18. The summed E-state index contributed by atoms with van der Waals surface area (Å²) in [7, 11) is 0. The first-order chi connectivity index (χ1) is 8.15. The maximum atomic E-state index is 5.94. The maximum absolute atomic E-state index is 5.94. The third kappa shape index (κ3) is 4.30. The molecule has 1 unspecified atom stereocenters. The maximum Gasteiger partial charge on any atom is 0.0408 e. The molecule has 0 bridgehead atoms. The minimum Gasteiger partial charge on any atom is -0.312 e. The number of benzene rings is 1. The monoisotopic (exact) mass is 252 g/mol. The summed E-state index contributed by atoms with van der Waals surface area (Å²) in [6.07, 6.45) is 2.70. The smallest absolute Gasteiger partial charge is 0.0408 e. The Kier molecular flexibility index (Phi) is 4.43. The van der Waals surface area contributed by atoms with Crippen LogP contribution in [0.4, 0.5) is 0 Å². The average molecular weight is 253 g/mol. The molecule has 3 heteroatoms.